The molecule has 1 aliphatic carbocycles. The highest BCUT2D eigenvalue weighted by Crippen LogP contribution is 2.40. The zero-order valence-corrected chi connectivity index (χ0v) is 10.5. The predicted octanol–water partition coefficient (Wildman–Crippen LogP) is 1.88. The van der Waals surface area contributed by atoms with E-state index in [1.807, 2.05) is 11.8 Å². The summed E-state index contributed by atoms with van der Waals surface area (Å²) >= 11 is 1.89. The summed E-state index contributed by atoms with van der Waals surface area (Å²) in [7, 11) is 0. The van der Waals surface area contributed by atoms with Crippen molar-refractivity contribution < 1.29 is 5.11 Å². The number of thioether (sulfide) groups is 1. The second-order valence-corrected chi connectivity index (χ2v) is 5.96. The Balaban J connectivity index is 2.25. The van der Waals surface area contributed by atoms with Crippen molar-refractivity contribution in [1.29, 1.82) is 0 Å². The fourth-order valence-electron chi connectivity index (χ4n) is 1.91. The number of hydrogen-bond acceptors (Lipinski definition) is 3. The van der Waals surface area contributed by atoms with Crippen molar-refractivity contribution in [2.75, 3.05) is 12.0 Å². The average molecular weight is 217 g/mol. The van der Waals surface area contributed by atoms with Gasteiger partial charge in [0.05, 0.1) is 6.10 Å². The summed E-state index contributed by atoms with van der Waals surface area (Å²) in [5, 5.41) is 13.2. The topological polar surface area (TPSA) is 32.3 Å². The molecule has 1 aliphatic rings. The molecule has 0 bridgehead atoms. The van der Waals surface area contributed by atoms with Gasteiger partial charge in [-0.05, 0) is 31.8 Å². The van der Waals surface area contributed by atoms with E-state index in [4.69, 9.17) is 0 Å². The molecule has 3 heteroatoms. The predicted molar refractivity (Wildman–Crippen MR) is 63.8 cm³/mol. The summed E-state index contributed by atoms with van der Waals surface area (Å²) in [5.41, 5.74) is 0.0631. The van der Waals surface area contributed by atoms with Crippen LogP contribution in [0.2, 0.25) is 0 Å². The summed E-state index contributed by atoms with van der Waals surface area (Å²) in [6.07, 6.45) is 4.15. The molecule has 84 valence electrons. The van der Waals surface area contributed by atoms with Gasteiger partial charge in [0.1, 0.15) is 0 Å². The van der Waals surface area contributed by atoms with Gasteiger partial charge >= 0.3 is 0 Å². The molecule has 0 spiro atoms. The van der Waals surface area contributed by atoms with Gasteiger partial charge in [-0.15, -0.1) is 0 Å². The van der Waals surface area contributed by atoms with Crippen LogP contribution >= 0.6 is 11.8 Å². The van der Waals surface area contributed by atoms with Crippen molar-refractivity contribution in [3.63, 3.8) is 0 Å². The Kier molecular flexibility index (Phi) is 4.29. The Labute approximate surface area is 91.9 Å². The summed E-state index contributed by atoms with van der Waals surface area (Å²) in [6.45, 7) is 6.51. The Hall–Kier alpha value is 0.270. The molecule has 0 aromatic rings. The van der Waals surface area contributed by atoms with Gasteiger partial charge in [-0.3, -0.25) is 0 Å². The van der Waals surface area contributed by atoms with Crippen LogP contribution in [0.5, 0.6) is 0 Å². The van der Waals surface area contributed by atoms with Crippen molar-refractivity contribution >= 4 is 11.8 Å². The van der Waals surface area contributed by atoms with E-state index >= 15 is 0 Å². The van der Waals surface area contributed by atoms with E-state index in [1.165, 1.54) is 12.2 Å². The first-order valence-corrected chi connectivity index (χ1v) is 6.81. The van der Waals surface area contributed by atoms with Crippen LogP contribution < -0.4 is 5.32 Å². The Bertz CT molecular complexity index is 184. The first-order valence-electron chi connectivity index (χ1n) is 5.41. The Morgan fingerprint density at radius 2 is 2.21 bits per heavy atom. The molecule has 0 radical (unpaired) electrons. The lowest BCUT2D eigenvalue weighted by Gasteiger charge is -2.50. The van der Waals surface area contributed by atoms with E-state index in [9.17, 15) is 5.11 Å². The molecule has 2 N–H and O–H groups in total. The zero-order chi connectivity index (χ0) is 10.8. The van der Waals surface area contributed by atoms with Crippen molar-refractivity contribution in [3.8, 4) is 0 Å². The Morgan fingerprint density at radius 3 is 2.64 bits per heavy atom. The lowest BCUT2D eigenvalue weighted by atomic mass is 9.64. The normalized spacial score (nSPS) is 32.4. The summed E-state index contributed by atoms with van der Waals surface area (Å²) < 4.78 is 0. The van der Waals surface area contributed by atoms with Gasteiger partial charge in [0.25, 0.3) is 0 Å². The van der Waals surface area contributed by atoms with Gasteiger partial charge in [0.2, 0.25) is 0 Å². The van der Waals surface area contributed by atoms with Crippen LogP contribution in [-0.4, -0.2) is 35.3 Å². The molecular formula is C11H23NOS. The quantitative estimate of drug-likeness (QED) is 0.737. The number of hydrogen-bond donors (Lipinski definition) is 2. The number of aliphatic hydroxyl groups excluding tert-OH is 1. The second-order valence-electron chi connectivity index (χ2n) is 4.97. The average Bonchev–Trinajstić information content (AvgIpc) is 2.14. The monoisotopic (exact) mass is 217 g/mol. The standard InChI is InChI=1S/C11H23NOS/c1-8(5-6-14-4)12-9-7-10(13)11(9,2)3/h8-10,12-13H,5-7H2,1-4H3. The third-order valence-electron chi connectivity index (χ3n) is 3.46. The highest BCUT2D eigenvalue weighted by molar-refractivity contribution is 7.98. The van der Waals surface area contributed by atoms with Gasteiger partial charge in [-0.2, -0.15) is 11.8 Å². The molecule has 0 aliphatic heterocycles. The highest BCUT2D eigenvalue weighted by Gasteiger charge is 2.47. The van der Waals surface area contributed by atoms with E-state index in [2.05, 4.69) is 32.3 Å². The fraction of sp³-hybridized carbons (Fsp3) is 1.00. The third kappa shape index (κ3) is 2.65. The molecule has 1 fully saturated rings. The lowest BCUT2D eigenvalue weighted by Crippen LogP contribution is -2.61. The van der Waals surface area contributed by atoms with Gasteiger partial charge < -0.3 is 10.4 Å². The van der Waals surface area contributed by atoms with Crippen molar-refractivity contribution in [2.24, 2.45) is 5.41 Å². The minimum atomic E-state index is -0.118. The van der Waals surface area contributed by atoms with E-state index in [0.717, 1.165) is 6.42 Å². The van der Waals surface area contributed by atoms with Crippen LogP contribution in [-0.2, 0) is 0 Å². The first-order chi connectivity index (χ1) is 6.48. The molecule has 3 unspecified atom stereocenters. The minimum absolute atomic E-state index is 0.0631. The maximum absolute atomic E-state index is 9.59. The van der Waals surface area contributed by atoms with E-state index in [-0.39, 0.29) is 11.5 Å². The number of rotatable bonds is 5. The fourth-order valence-corrected chi connectivity index (χ4v) is 2.50. The van der Waals surface area contributed by atoms with Gasteiger partial charge in [-0.1, -0.05) is 13.8 Å². The largest absolute Gasteiger partial charge is 0.392 e. The molecular weight excluding hydrogens is 194 g/mol. The van der Waals surface area contributed by atoms with Crippen LogP contribution in [0.1, 0.15) is 33.6 Å². The lowest BCUT2D eigenvalue weighted by molar-refractivity contribution is -0.0753. The van der Waals surface area contributed by atoms with Gasteiger partial charge in [-0.25, -0.2) is 0 Å². The molecule has 0 saturated heterocycles. The molecule has 0 amide bonds. The van der Waals surface area contributed by atoms with E-state index in [1.54, 1.807) is 0 Å². The number of nitrogens with one attached hydrogen (secondary N) is 1. The van der Waals surface area contributed by atoms with Crippen LogP contribution in [0.15, 0.2) is 0 Å². The third-order valence-corrected chi connectivity index (χ3v) is 4.10. The SMILES string of the molecule is CSCCC(C)NC1CC(O)C1(C)C. The smallest absolute Gasteiger partial charge is 0.0621 e. The second kappa shape index (κ2) is 4.86. The molecule has 0 heterocycles. The highest BCUT2D eigenvalue weighted by atomic mass is 32.2. The molecule has 14 heavy (non-hydrogen) atoms. The first kappa shape index (κ1) is 12.3. The van der Waals surface area contributed by atoms with E-state index in [0.29, 0.717) is 12.1 Å². The maximum Gasteiger partial charge on any atom is 0.0621 e. The molecule has 0 aromatic heterocycles. The van der Waals surface area contributed by atoms with Crippen molar-refractivity contribution in [3.05, 3.63) is 0 Å². The molecule has 3 atom stereocenters. The summed E-state index contributed by atoms with van der Waals surface area (Å²) in [5.74, 6) is 1.21. The zero-order valence-electron chi connectivity index (χ0n) is 9.71. The van der Waals surface area contributed by atoms with E-state index < -0.39 is 0 Å². The van der Waals surface area contributed by atoms with Gasteiger partial charge in [0, 0.05) is 17.5 Å². The number of aliphatic hydroxyl groups is 1. The Morgan fingerprint density at radius 1 is 1.57 bits per heavy atom. The minimum Gasteiger partial charge on any atom is -0.392 e. The van der Waals surface area contributed by atoms with Crippen LogP contribution in [0, 0.1) is 5.41 Å². The van der Waals surface area contributed by atoms with Crippen LogP contribution in [0.25, 0.3) is 0 Å². The molecule has 0 aromatic carbocycles. The van der Waals surface area contributed by atoms with Gasteiger partial charge in [0.15, 0.2) is 0 Å². The maximum atomic E-state index is 9.59. The van der Waals surface area contributed by atoms with Crippen LogP contribution in [0.4, 0.5) is 0 Å². The molecule has 1 rings (SSSR count). The molecule has 1 saturated carbocycles. The molecule has 2 nitrogen and oxygen atoms in total. The van der Waals surface area contributed by atoms with Crippen molar-refractivity contribution in [1.82, 2.24) is 5.32 Å². The summed E-state index contributed by atoms with van der Waals surface area (Å²) in [6, 6.07) is 1.06. The summed E-state index contributed by atoms with van der Waals surface area (Å²) in [4.78, 5) is 0. The van der Waals surface area contributed by atoms with Crippen molar-refractivity contribution in [2.45, 2.75) is 51.8 Å². The van der Waals surface area contributed by atoms with Crippen LogP contribution in [0.3, 0.4) is 0 Å².